The zero-order valence-electron chi connectivity index (χ0n) is 48.2. The first-order chi connectivity index (χ1) is 35.5. The van der Waals surface area contributed by atoms with Gasteiger partial charge in [0.1, 0.15) is 0 Å². The Morgan fingerprint density at radius 3 is 1.11 bits per heavy atom. The van der Waals surface area contributed by atoms with Gasteiger partial charge in [-0.3, -0.25) is 9.59 Å². The van der Waals surface area contributed by atoms with Crippen molar-refractivity contribution in [3.05, 3.63) is 48.6 Å². The number of aliphatic hydroxyl groups excluding tert-OH is 2. The van der Waals surface area contributed by atoms with E-state index in [2.05, 4.69) is 67.8 Å². The van der Waals surface area contributed by atoms with Crippen LogP contribution in [0.1, 0.15) is 335 Å². The molecule has 6 heteroatoms. The number of carbonyl (C=O) groups excluding carboxylic acids is 2. The lowest BCUT2D eigenvalue weighted by atomic mass is 10.0. The Morgan fingerprint density at radius 2 is 0.722 bits per heavy atom. The molecule has 0 bridgehead atoms. The van der Waals surface area contributed by atoms with Crippen LogP contribution in [0.2, 0.25) is 0 Å². The average Bonchev–Trinajstić information content (AvgIpc) is 3.38. The van der Waals surface area contributed by atoms with E-state index in [9.17, 15) is 19.8 Å². The largest absolute Gasteiger partial charge is 0.466 e. The van der Waals surface area contributed by atoms with Crippen LogP contribution in [0.25, 0.3) is 0 Å². The predicted octanol–water partition coefficient (Wildman–Crippen LogP) is 20.1. The number of hydrogen-bond acceptors (Lipinski definition) is 5. The molecule has 72 heavy (non-hydrogen) atoms. The van der Waals surface area contributed by atoms with Crippen molar-refractivity contribution in [1.82, 2.24) is 5.32 Å². The molecule has 0 aromatic rings. The molecule has 0 aromatic heterocycles. The zero-order valence-corrected chi connectivity index (χ0v) is 48.2. The number of allylic oxidation sites excluding steroid dienone is 8. The van der Waals surface area contributed by atoms with E-state index in [1.807, 2.05) is 0 Å². The summed E-state index contributed by atoms with van der Waals surface area (Å²) in [7, 11) is 0. The summed E-state index contributed by atoms with van der Waals surface area (Å²) in [5.41, 5.74) is 0. The third-order valence-electron chi connectivity index (χ3n) is 14.6. The van der Waals surface area contributed by atoms with Crippen molar-refractivity contribution < 1.29 is 24.5 Å². The van der Waals surface area contributed by atoms with Gasteiger partial charge in [-0.05, 0) is 83.5 Å². The van der Waals surface area contributed by atoms with Gasteiger partial charge in [-0.15, -0.1) is 0 Å². The summed E-state index contributed by atoms with van der Waals surface area (Å²) in [4.78, 5) is 24.5. The third kappa shape index (κ3) is 57.1. The van der Waals surface area contributed by atoms with Crippen LogP contribution in [0, 0.1) is 0 Å². The molecule has 0 aromatic carbocycles. The molecular weight excluding hydrogens is 887 g/mol. The van der Waals surface area contributed by atoms with Crippen LogP contribution in [0.5, 0.6) is 0 Å². The number of amides is 1. The molecule has 0 radical (unpaired) electrons. The highest BCUT2D eigenvalue weighted by atomic mass is 16.5. The lowest BCUT2D eigenvalue weighted by Gasteiger charge is -2.22. The smallest absolute Gasteiger partial charge is 0.305 e. The Balaban J connectivity index is 3.43. The molecule has 0 aliphatic heterocycles. The van der Waals surface area contributed by atoms with Gasteiger partial charge in [0.25, 0.3) is 0 Å². The van der Waals surface area contributed by atoms with Crippen molar-refractivity contribution in [2.75, 3.05) is 13.2 Å². The number of aliphatic hydroxyl groups is 2. The molecule has 422 valence electrons. The van der Waals surface area contributed by atoms with Gasteiger partial charge in [-0.2, -0.15) is 0 Å². The molecule has 0 saturated carbocycles. The second kappa shape index (κ2) is 61.4. The quantitative estimate of drug-likeness (QED) is 0.0320. The molecule has 2 unspecified atom stereocenters. The van der Waals surface area contributed by atoms with Crippen LogP contribution in [0.3, 0.4) is 0 Å². The van der Waals surface area contributed by atoms with E-state index in [4.69, 9.17) is 4.74 Å². The minimum absolute atomic E-state index is 0.00500. The summed E-state index contributed by atoms with van der Waals surface area (Å²) in [5, 5.41) is 23.3. The summed E-state index contributed by atoms with van der Waals surface area (Å²) in [6.07, 6.45) is 78.4. The maximum Gasteiger partial charge on any atom is 0.305 e. The number of unbranched alkanes of at least 4 members (excludes halogenated alkanes) is 40. The van der Waals surface area contributed by atoms with Crippen molar-refractivity contribution in [1.29, 1.82) is 0 Å². The van der Waals surface area contributed by atoms with E-state index < -0.39 is 12.1 Å². The highest BCUT2D eigenvalue weighted by Crippen LogP contribution is 2.17. The topological polar surface area (TPSA) is 95.9 Å². The van der Waals surface area contributed by atoms with Gasteiger partial charge in [0.15, 0.2) is 0 Å². The van der Waals surface area contributed by atoms with Crippen LogP contribution in [0.15, 0.2) is 48.6 Å². The summed E-state index contributed by atoms with van der Waals surface area (Å²) in [5.74, 6) is -0.0420. The number of carbonyl (C=O) groups is 2. The average molecular weight is 1010 g/mol. The van der Waals surface area contributed by atoms with Crippen LogP contribution in [-0.4, -0.2) is 47.4 Å². The number of ether oxygens (including phenoxy) is 1. The second-order valence-electron chi connectivity index (χ2n) is 21.7. The minimum Gasteiger partial charge on any atom is -0.466 e. The predicted molar refractivity (Wildman–Crippen MR) is 315 cm³/mol. The van der Waals surface area contributed by atoms with Crippen LogP contribution in [0.4, 0.5) is 0 Å². The molecule has 0 saturated heterocycles. The summed E-state index contributed by atoms with van der Waals surface area (Å²) in [6, 6.07) is -0.544. The lowest BCUT2D eigenvalue weighted by molar-refractivity contribution is -0.143. The highest BCUT2D eigenvalue weighted by molar-refractivity contribution is 5.76. The Bertz CT molecular complexity index is 1210. The van der Waals surface area contributed by atoms with Crippen molar-refractivity contribution in [2.24, 2.45) is 0 Å². The zero-order chi connectivity index (χ0) is 52.2. The molecule has 0 aliphatic carbocycles. The van der Waals surface area contributed by atoms with Crippen LogP contribution in [-0.2, 0) is 14.3 Å². The van der Waals surface area contributed by atoms with Gasteiger partial charge in [-0.1, -0.05) is 287 Å². The van der Waals surface area contributed by atoms with E-state index in [0.717, 1.165) is 57.8 Å². The molecule has 0 heterocycles. The number of rotatable bonds is 59. The van der Waals surface area contributed by atoms with E-state index in [1.165, 1.54) is 244 Å². The van der Waals surface area contributed by atoms with Gasteiger partial charge in [0.05, 0.1) is 25.4 Å². The Morgan fingerprint density at radius 1 is 0.389 bits per heavy atom. The standard InChI is InChI=1S/C66H123NO5/c1-3-5-7-9-11-13-15-17-31-35-38-42-46-50-54-58-64(69)63(62-68)67-65(70)59-55-51-47-43-39-36-32-29-27-25-23-21-19-18-20-22-24-26-28-30-33-37-41-45-49-53-57-61-72-66(71)60-56-52-48-44-40-34-16-14-12-10-8-6-4-2/h8,10,14,16,18-19,22,24,63-64,68-69H,3-7,9,11-13,15,17,20-21,23,25-62H2,1-2H3,(H,67,70)/b10-8-,16-14-,19-18-,24-22-. The molecule has 0 spiro atoms. The molecular formula is C66H123NO5. The number of nitrogens with one attached hydrogen (secondary N) is 1. The number of hydrogen-bond donors (Lipinski definition) is 3. The fourth-order valence-corrected chi connectivity index (χ4v) is 9.71. The normalized spacial score (nSPS) is 12.9. The van der Waals surface area contributed by atoms with Crippen molar-refractivity contribution in [3.8, 4) is 0 Å². The van der Waals surface area contributed by atoms with E-state index in [-0.39, 0.29) is 18.5 Å². The Labute approximate surface area is 448 Å². The van der Waals surface area contributed by atoms with Gasteiger partial charge >= 0.3 is 5.97 Å². The highest BCUT2D eigenvalue weighted by Gasteiger charge is 2.20. The Kier molecular flexibility index (Phi) is 59.5. The lowest BCUT2D eigenvalue weighted by Crippen LogP contribution is -2.45. The monoisotopic (exact) mass is 1010 g/mol. The van der Waals surface area contributed by atoms with E-state index in [1.54, 1.807) is 0 Å². The maximum absolute atomic E-state index is 12.5. The first-order valence-corrected chi connectivity index (χ1v) is 31.9. The second-order valence-corrected chi connectivity index (χ2v) is 21.7. The molecule has 2 atom stereocenters. The fourth-order valence-electron chi connectivity index (χ4n) is 9.71. The van der Waals surface area contributed by atoms with Crippen LogP contribution >= 0.6 is 0 Å². The summed E-state index contributed by atoms with van der Waals surface area (Å²) >= 11 is 0. The summed E-state index contributed by atoms with van der Waals surface area (Å²) < 4.78 is 5.46. The van der Waals surface area contributed by atoms with Crippen LogP contribution < -0.4 is 5.32 Å². The van der Waals surface area contributed by atoms with Crippen molar-refractivity contribution >= 4 is 11.9 Å². The van der Waals surface area contributed by atoms with Gasteiger partial charge in [0.2, 0.25) is 5.91 Å². The first kappa shape index (κ1) is 69.8. The van der Waals surface area contributed by atoms with Gasteiger partial charge in [-0.25, -0.2) is 0 Å². The molecule has 3 N–H and O–H groups in total. The summed E-state index contributed by atoms with van der Waals surface area (Å²) in [6.45, 7) is 4.89. The van der Waals surface area contributed by atoms with E-state index >= 15 is 0 Å². The molecule has 0 fully saturated rings. The van der Waals surface area contributed by atoms with Crippen molar-refractivity contribution in [3.63, 3.8) is 0 Å². The minimum atomic E-state index is -0.667. The Hall–Kier alpha value is -2.18. The fraction of sp³-hybridized carbons (Fsp3) is 0.848. The van der Waals surface area contributed by atoms with Gasteiger partial charge < -0.3 is 20.3 Å². The maximum atomic E-state index is 12.5. The SMILES string of the molecule is CCC/C=C\C/C=C\CCCCCCCC(=O)OCCCCCCCCCCC/C=C\C/C=C\CCCCCCCCCCCCCC(=O)NC(CO)C(O)CCCCCCCCCCCCCCCCC. The number of esters is 1. The van der Waals surface area contributed by atoms with Crippen molar-refractivity contribution in [2.45, 2.75) is 347 Å². The first-order valence-electron chi connectivity index (χ1n) is 31.9. The molecule has 0 rings (SSSR count). The van der Waals surface area contributed by atoms with E-state index in [0.29, 0.717) is 25.9 Å². The molecule has 6 nitrogen and oxygen atoms in total. The molecule has 1 amide bonds. The van der Waals surface area contributed by atoms with Gasteiger partial charge in [0, 0.05) is 12.8 Å². The molecule has 0 aliphatic rings. The third-order valence-corrected chi connectivity index (χ3v) is 14.6.